The van der Waals surface area contributed by atoms with E-state index in [4.69, 9.17) is 10.5 Å². The predicted octanol–water partition coefficient (Wildman–Crippen LogP) is 2.32. The molecule has 5 heteroatoms. The first kappa shape index (κ1) is 14.7. The highest BCUT2D eigenvalue weighted by Crippen LogP contribution is 2.41. The van der Waals surface area contributed by atoms with E-state index in [-0.39, 0.29) is 6.10 Å². The van der Waals surface area contributed by atoms with Crippen molar-refractivity contribution in [1.82, 2.24) is 14.9 Å². The van der Waals surface area contributed by atoms with Crippen LogP contribution in [0.5, 0.6) is 0 Å². The molecule has 2 saturated heterocycles. The molecular weight excluding hydrogens is 264 g/mol. The molecule has 2 unspecified atom stereocenters. The number of nitrogens with zero attached hydrogens (tertiary/aromatic N) is 3. The van der Waals surface area contributed by atoms with Crippen molar-refractivity contribution in [3.63, 3.8) is 0 Å². The minimum absolute atomic E-state index is 0.198. The summed E-state index contributed by atoms with van der Waals surface area (Å²) in [6.45, 7) is 4.57. The number of piperidine rings is 1. The topological polar surface area (TPSA) is 64.3 Å². The fourth-order valence-electron chi connectivity index (χ4n) is 3.73. The lowest BCUT2D eigenvalue weighted by Gasteiger charge is -2.36. The lowest BCUT2D eigenvalue weighted by Crippen LogP contribution is -2.39. The Morgan fingerprint density at radius 1 is 1.29 bits per heavy atom. The minimum atomic E-state index is 0.198. The van der Waals surface area contributed by atoms with Crippen LogP contribution in [-0.2, 0) is 11.3 Å². The molecule has 0 spiro atoms. The van der Waals surface area contributed by atoms with Crippen LogP contribution in [0.2, 0.25) is 0 Å². The van der Waals surface area contributed by atoms with Gasteiger partial charge in [-0.25, -0.2) is 9.97 Å². The first-order chi connectivity index (χ1) is 10.0. The average Bonchev–Trinajstić information content (AvgIpc) is 2.65. The zero-order chi connectivity index (χ0) is 15.0. The lowest BCUT2D eigenvalue weighted by molar-refractivity contribution is 0.0635. The van der Waals surface area contributed by atoms with Crippen LogP contribution >= 0.6 is 0 Å². The highest BCUT2D eigenvalue weighted by Gasteiger charge is 2.39. The summed E-state index contributed by atoms with van der Waals surface area (Å²) >= 11 is 0. The van der Waals surface area contributed by atoms with Crippen LogP contribution in [0, 0.1) is 0 Å². The molecule has 0 aromatic carbocycles. The van der Waals surface area contributed by atoms with Crippen LogP contribution in [-0.4, -0.2) is 40.1 Å². The molecule has 1 aromatic rings. The molecule has 2 atom stereocenters. The van der Waals surface area contributed by atoms with E-state index < -0.39 is 0 Å². The number of hydrogen-bond donors (Lipinski definition) is 1. The van der Waals surface area contributed by atoms with Crippen molar-refractivity contribution in [1.29, 1.82) is 0 Å². The number of rotatable bonds is 4. The molecule has 2 N–H and O–H groups in total. The van der Waals surface area contributed by atoms with Gasteiger partial charge in [-0.3, -0.25) is 0 Å². The average molecular weight is 290 g/mol. The summed E-state index contributed by atoms with van der Waals surface area (Å²) in [6.07, 6.45) is 5.22. The van der Waals surface area contributed by atoms with Gasteiger partial charge in [0.1, 0.15) is 0 Å². The summed E-state index contributed by atoms with van der Waals surface area (Å²) in [4.78, 5) is 11.3. The van der Waals surface area contributed by atoms with E-state index in [1.807, 2.05) is 13.8 Å². The summed E-state index contributed by atoms with van der Waals surface area (Å²) in [6, 6.07) is 3.51. The van der Waals surface area contributed by atoms with Crippen molar-refractivity contribution in [3.8, 4) is 0 Å². The Labute approximate surface area is 126 Å². The van der Waals surface area contributed by atoms with Crippen molar-refractivity contribution in [2.75, 3.05) is 12.8 Å². The van der Waals surface area contributed by atoms with Gasteiger partial charge in [-0.15, -0.1) is 0 Å². The molecule has 5 nitrogen and oxygen atoms in total. The third-order valence-corrected chi connectivity index (χ3v) is 4.90. The summed E-state index contributed by atoms with van der Waals surface area (Å²) in [5, 5.41) is 0. The summed E-state index contributed by atoms with van der Waals surface area (Å²) in [5.41, 5.74) is 7.90. The maximum Gasteiger partial charge on any atom is 0.220 e. The van der Waals surface area contributed by atoms with Gasteiger partial charge in [0, 0.05) is 23.7 Å². The maximum atomic E-state index is 5.90. The number of nitrogen functional groups attached to an aromatic ring is 1. The smallest absolute Gasteiger partial charge is 0.220 e. The monoisotopic (exact) mass is 290 g/mol. The van der Waals surface area contributed by atoms with E-state index in [9.17, 15) is 0 Å². The molecule has 0 amide bonds. The second kappa shape index (κ2) is 5.89. The maximum absolute atomic E-state index is 5.90. The Morgan fingerprint density at radius 3 is 2.57 bits per heavy atom. The van der Waals surface area contributed by atoms with Gasteiger partial charge in [0.15, 0.2) is 0 Å². The van der Waals surface area contributed by atoms with Gasteiger partial charge in [-0.05, 0) is 52.6 Å². The van der Waals surface area contributed by atoms with Gasteiger partial charge in [0.05, 0.1) is 18.4 Å². The SMILES string of the molecule is CC(C)OCc1cc(C2CC3CCC(C2)N3C)nc(N)n1. The molecule has 0 saturated carbocycles. The summed E-state index contributed by atoms with van der Waals surface area (Å²) < 4.78 is 5.64. The zero-order valence-electron chi connectivity index (χ0n) is 13.2. The van der Waals surface area contributed by atoms with E-state index in [0.717, 1.165) is 11.4 Å². The summed E-state index contributed by atoms with van der Waals surface area (Å²) in [7, 11) is 2.26. The van der Waals surface area contributed by atoms with Crippen molar-refractivity contribution in [2.24, 2.45) is 0 Å². The second-order valence-electron chi connectivity index (χ2n) is 6.72. The molecule has 21 heavy (non-hydrogen) atoms. The molecule has 0 aliphatic carbocycles. The fourth-order valence-corrected chi connectivity index (χ4v) is 3.73. The molecular formula is C16H26N4O. The Balaban J connectivity index is 1.76. The molecule has 0 radical (unpaired) electrons. The number of hydrogen-bond acceptors (Lipinski definition) is 5. The predicted molar refractivity (Wildman–Crippen MR) is 82.9 cm³/mol. The van der Waals surface area contributed by atoms with E-state index in [2.05, 4.69) is 28.0 Å². The zero-order valence-corrected chi connectivity index (χ0v) is 13.2. The number of aromatic nitrogens is 2. The lowest BCUT2D eigenvalue weighted by atomic mass is 9.88. The van der Waals surface area contributed by atoms with Gasteiger partial charge < -0.3 is 15.4 Å². The van der Waals surface area contributed by atoms with Crippen molar-refractivity contribution in [2.45, 2.75) is 70.2 Å². The van der Waals surface area contributed by atoms with Gasteiger partial charge >= 0.3 is 0 Å². The number of ether oxygens (including phenoxy) is 1. The molecule has 2 fully saturated rings. The highest BCUT2D eigenvalue weighted by atomic mass is 16.5. The van der Waals surface area contributed by atoms with Crippen LogP contribution in [0.15, 0.2) is 6.07 Å². The Hall–Kier alpha value is -1.20. The van der Waals surface area contributed by atoms with Crippen molar-refractivity contribution in [3.05, 3.63) is 17.5 Å². The van der Waals surface area contributed by atoms with Crippen LogP contribution < -0.4 is 5.73 Å². The van der Waals surface area contributed by atoms with Crippen molar-refractivity contribution < 1.29 is 4.74 Å². The van der Waals surface area contributed by atoms with Crippen LogP contribution in [0.4, 0.5) is 5.95 Å². The van der Waals surface area contributed by atoms with Gasteiger partial charge in [-0.2, -0.15) is 0 Å². The summed E-state index contributed by atoms with van der Waals surface area (Å²) in [5.74, 6) is 0.892. The van der Waals surface area contributed by atoms with Crippen LogP contribution in [0.3, 0.4) is 0 Å². The van der Waals surface area contributed by atoms with E-state index in [0.29, 0.717) is 30.6 Å². The molecule has 2 aliphatic rings. The van der Waals surface area contributed by atoms with E-state index >= 15 is 0 Å². The molecule has 2 bridgehead atoms. The van der Waals surface area contributed by atoms with Crippen molar-refractivity contribution >= 4 is 5.95 Å². The molecule has 2 aliphatic heterocycles. The molecule has 1 aromatic heterocycles. The van der Waals surface area contributed by atoms with Crippen LogP contribution in [0.25, 0.3) is 0 Å². The second-order valence-corrected chi connectivity index (χ2v) is 6.72. The largest absolute Gasteiger partial charge is 0.373 e. The molecule has 3 rings (SSSR count). The van der Waals surface area contributed by atoms with Gasteiger partial charge in [0.25, 0.3) is 0 Å². The van der Waals surface area contributed by atoms with Crippen LogP contribution in [0.1, 0.15) is 56.8 Å². The Bertz CT molecular complexity index is 491. The number of nitrogens with two attached hydrogens (primary N) is 1. The first-order valence-electron chi connectivity index (χ1n) is 7.99. The third-order valence-electron chi connectivity index (χ3n) is 4.90. The molecule has 116 valence electrons. The molecule has 3 heterocycles. The number of fused-ring (bicyclic) bond motifs is 2. The highest BCUT2D eigenvalue weighted by molar-refractivity contribution is 5.25. The standard InChI is InChI=1S/C16H26N4O/c1-10(2)21-9-12-8-15(19-16(17)18-12)11-6-13-4-5-14(7-11)20(13)3/h8,10-11,13-14H,4-7,9H2,1-3H3,(H2,17,18,19). The fraction of sp³-hybridized carbons (Fsp3) is 0.750. The van der Waals surface area contributed by atoms with Gasteiger partial charge in [-0.1, -0.05) is 0 Å². The number of anilines is 1. The quantitative estimate of drug-likeness (QED) is 0.922. The Morgan fingerprint density at radius 2 is 1.95 bits per heavy atom. The third kappa shape index (κ3) is 3.19. The van der Waals surface area contributed by atoms with E-state index in [1.165, 1.54) is 25.7 Å². The van der Waals surface area contributed by atoms with Gasteiger partial charge in [0.2, 0.25) is 5.95 Å². The normalized spacial score (nSPS) is 29.2. The Kier molecular flexibility index (Phi) is 4.13. The van der Waals surface area contributed by atoms with E-state index in [1.54, 1.807) is 0 Å². The first-order valence-corrected chi connectivity index (χ1v) is 7.99. The minimum Gasteiger partial charge on any atom is -0.373 e.